The third-order valence-electron chi connectivity index (χ3n) is 6.28. The maximum Gasteiger partial charge on any atom is 0.438 e. The summed E-state index contributed by atoms with van der Waals surface area (Å²) in [5, 5.41) is 0. The first-order valence-corrected chi connectivity index (χ1v) is 13.8. The van der Waals surface area contributed by atoms with Gasteiger partial charge in [-0.05, 0) is 55.7 Å². The minimum atomic E-state index is -3.46. The zero-order chi connectivity index (χ0) is 27.3. The molecule has 1 saturated heterocycles. The molecule has 0 spiro atoms. The summed E-state index contributed by atoms with van der Waals surface area (Å²) < 4.78 is 38.1. The number of hydrogen-bond donors (Lipinski definition) is 1. The molecule has 38 heavy (non-hydrogen) atoms. The first-order valence-electron chi connectivity index (χ1n) is 12.2. The van der Waals surface area contributed by atoms with E-state index in [9.17, 15) is 22.4 Å². The van der Waals surface area contributed by atoms with Gasteiger partial charge in [-0.2, -0.15) is 5.48 Å². The second-order valence-corrected chi connectivity index (χ2v) is 10.9. The minimum absolute atomic E-state index is 0.0714. The van der Waals surface area contributed by atoms with Crippen molar-refractivity contribution in [2.45, 2.75) is 37.6 Å². The molecule has 0 saturated carbocycles. The normalized spacial score (nSPS) is 15.2. The summed E-state index contributed by atoms with van der Waals surface area (Å²) in [5.41, 5.74) is 3.30. The van der Waals surface area contributed by atoms with Crippen LogP contribution in [0.1, 0.15) is 48.7 Å². The lowest BCUT2D eigenvalue weighted by molar-refractivity contribution is 0.0594. The molecule has 1 aliphatic rings. The van der Waals surface area contributed by atoms with Gasteiger partial charge in [-0.25, -0.2) is 27.6 Å². The van der Waals surface area contributed by atoms with Crippen molar-refractivity contribution in [2.24, 2.45) is 0 Å². The van der Waals surface area contributed by atoms with Crippen molar-refractivity contribution in [3.63, 3.8) is 0 Å². The maximum absolute atomic E-state index is 13.7. The van der Waals surface area contributed by atoms with Gasteiger partial charge in [0, 0.05) is 31.2 Å². The van der Waals surface area contributed by atoms with Crippen molar-refractivity contribution in [2.75, 3.05) is 28.6 Å². The van der Waals surface area contributed by atoms with Crippen LogP contribution in [0.3, 0.4) is 0 Å². The van der Waals surface area contributed by atoms with Crippen LogP contribution in [0, 0.1) is 5.82 Å². The summed E-state index contributed by atoms with van der Waals surface area (Å²) in [5.74, 6) is -0.708. The van der Waals surface area contributed by atoms with Crippen LogP contribution < -0.4 is 15.3 Å². The van der Waals surface area contributed by atoms with E-state index < -0.39 is 21.8 Å². The van der Waals surface area contributed by atoms with Crippen LogP contribution in [0.2, 0.25) is 0 Å². The molecule has 1 fully saturated rings. The lowest BCUT2D eigenvalue weighted by Gasteiger charge is -2.25. The highest BCUT2D eigenvalue weighted by molar-refractivity contribution is 7.91. The molecule has 200 valence electrons. The van der Waals surface area contributed by atoms with Crippen molar-refractivity contribution < 1.29 is 27.2 Å². The molecule has 2 heterocycles. The van der Waals surface area contributed by atoms with Gasteiger partial charge in [0.1, 0.15) is 5.82 Å². The Hall–Kier alpha value is -4.06. The lowest BCUT2D eigenvalue weighted by Crippen LogP contribution is -2.37. The van der Waals surface area contributed by atoms with Crippen LogP contribution in [-0.2, 0) is 14.7 Å². The van der Waals surface area contributed by atoms with Crippen LogP contribution >= 0.6 is 0 Å². The Morgan fingerprint density at radius 1 is 1.13 bits per heavy atom. The molecule has 1 aliphatic heterocycles. The van der Waals surface area contributed by atoms with E-state index >= 15 is 0 Å². The predicted molar refractivity (Wildman–Crippen MR) is 139 cm³/mol. The SMILES string of the molecule is CCN(C(=O)ONC(=O)c1cnc(N2CCCC2c2cccc(F)c2)nc1)c1cccc(S(=O)(=O)CC)c1. The molecule has 1 atom stereocenters. The van der Waals surface area contributed by atoms with Gasteiger partial charge in [0.05, 0.1) is 22.3 Å². The Morgan fingerprint density at radius 3 is 2.55 bits per heavy atom. The fourth-order valence-electron chi connectivity index (χ4n) is 4.29. The van der Waals surface area contributed by atoms with E-state index in [1.54, 1.807) is 19.1 Å². The van der Waals surface area contributed by atoms with Gasteiger partial charge < -0.3 is 9.74 Å². The maximum atomic E-state index is 13.7. The zero-order valence-electron chi connectivity index (χ0n) is 21.0. The molecule has 10 nitrogen and oxygen atoms in total. The van der Waals surface area contributed by atoms with Gasteiger partial charge in [0.2, 0.25) is 5.95 Å². The average Bonchev–Trinajstić information content (AvgIpc) is 3.42. The number of anilines is 2. The van der Waals surface area contributed by atoms with Gasteiger partial charge in [-0.3, -0.25) is 9.69 Å². The van der Waals surface area contributed by atoms with Crippen molar-refractivity contribution in [1.82, 2.24) is 15.4 Å². The molecule has 4 rings (SSSR count). The third kappa shape index (κ3) is 5.91. The molecule has 0 radical (unpaired) electrons. The second kappa shape index (κ2) is 11.5. The zero-order valence-corrected chi connectivity index (χ0v) is 21.8. The fourth-order valence-corrected chi connectivity index (χ4v) is 5.21. The van der Waals surface area contributed by atoms with Gasteiger partial charge in [0.25, 0.3) is 5.91 Å². The topological polar surface area (TPSA) is 122 Å². The van der Waals surface area contributed by atoms with E-state index in [-0.39, 0.29) is 34.6 Å². The monoisotopic (exact) mass is 541 g/mol. The third-order valence-corrected chi connectivity index (χ3v) is 8.01. The number of sulfone groups is 1. The summed E-state index contributed by atoms with van der Waals surface area (Å²) in [6, 6.07) is 12.3. The van der Waals surface area contributed by atoms with Crippen molar-refractivity contribution in [3.05, 3.63) is 77.9 Å². The number of nitrogens with one attached hydrogen (secondary N) is 1. The van der Waals surface area contributed by atoms with Gasteiger partial charge >= 0.3 is 6.09 Å². The standard InChI is InChI=1S/C26H28FN5O5S/c1-3-31(21-10-6-11-22(15-21)38(35,36)4-2)26(34)37-30-24(33)19-16-28-25(29-17-19)32-13-7-12-23(32)18-8-5-9-20(27)14-18/h5-6,8-11,14-17,23H,3-4,7,12-13H2,1-2H3,(H,30,33). The van der Waals surface area contributed by atoms with Crippen LogP contribution in [-0.4, -0.2) is 49.2 Å². The summed E-state index contributed by atoms with van der Waals surface area (Å²) in [6.45, 7) is 4.09. The summed E-state index contributed by atoms with van der Waals surface area (Å²) >= 11 is 0. The minimum Gasteiger partial charge on any atom is -0.334 e. The molecule has 1 aromatic heterocycles. The molecule has 0 bridgehead atoms. The number of benzene rings is 2. The first-order chi connectivity index (χ1) is 18.2. The Kier molecular flexibility index (Phi) is 8.20. The predicted octanol–water partition coefficient (Wildman–Crippen LogP) is 4.06. The Morgan fingerprint density at radius 2 is 1.87 bits per heavy atom. The highest BCUT2D eigenvalue weighted by atomic mass is 32.2. The van der Waals surface area contributed by atoms with E-state index in [0.717, 1.165) is 18.4 Å². The number of hydrogen-bond acceptors (Lipinski definition) is 8. The Balaban J connectivity index is 1.40. The molecule has 0 aliphatic carbocycles. The Labute approximate surface area is 220 Å². The first kappa shape index (κ1) is 27.0. The van der Waals surface area contributed by atoms with Crippen LogP contribution in [0.15, 0.2) is 65.8 Å². The number of carbonyl (C=O) groups excluding carboxylic acids is 2. The molecule has 1 unspecified atom stereocenters. The lowest BCUT2D eigenvalue weighted by atomic mass is 10.0. The van der Waals surface area contributed by atoms with Gasteiger partial charge in [-0.15, -0.1) is 0 Å². The largest absolute Gasteiger partial charge is 0.438 e. The number of amides is 2. The van der Waals surface area contributed by atoms with E-state index in [0.29, 0.717) is 18.2 Å². The highest BCUT2D eigenvalue weighted by Crippen LogP contribution is 2.34. The molecular weight excluding hydrogens is 513 g/mol. The van der Waals surface area contributed by atoms with E-state index in [2.05, 4.69) is 15.4 Å². The number of carbonyl (C=O) groups is 2. The van der Waals surface area contributed by atoms with Gasteiger partial charge in [-0.1, -0.05) is 25.1 Å². The smallest absolute Gasteiger partial charge is 0.334 e. The van der Waals surface area contributed by atoms with Crippen LogP contribution in [0.5, 0.6) is 0 Å². The molecule has 2 aromatic carbocycles. The summed E-state index contributed by atoms with van der Waals surface area (Å²) in [4.78, 5) is 42.0. The number of rotatable bonds is 7. The second-order valence-electron chi connectivity index (χ2n) is 8.62. The molecule has 2 amide bonds. The number of hydroxylamine groups is 1. The van der Waals surface area contributed by atoms with Crippen molar-refractivity contribution in [1.29, 1.82) is 0 Å². The number of aromatic nitrogens is 2. The molecule has 12 heteroatoms. The van der Waals surface area contributed by atoms with Crippen LogP contribution in [0.25, 0.3) is 0 Å². The molecule has 3 aromatic rings. The van der Waals surface area contributed by atoms with Crippen LogP contribution in [0.4, 0.5) is 20.8 Å². The van der Waals surface area contributed by atoms with Crippen molar-refractivity contribution in [3.8, 4) is 0 Å². The van der Waals surface area contributed by atoms with Gasteiger partial charge in [0.15, 0.2) is 9.84 Å². The van der Waals surface area contributed by atoms with Crippen molar-refractivity contribution >= 4 is 33.5 Å². The van der Waals surface area contributed by atoms with E-state index in [1.807, 2.05) is 11.0 Å². The Bertz CT molecular complexity index is 1420. The van der Waals surface area contributed by atoms with E-state index in [4.69, 9.17) is 4.84 Å². The molecule has 1 N–H and O–H groups in total. The summed E-state index contributed by atoms with van der Waals surface area (Å²) in [6.07, 6.45) is 3.47. The number of halogens is 1. The summed E-state index contributed by atoms with van der Waals surface area (Å²) in [7, 11) is -3.46. The highest BCUT2D eigenvalue weighted by Gasteiger charge is 2.28. The molecular formula is C26H28FN5O5S. The average molecular weight is 542 g/mol. The fraction of sp³-hybridized carbons (Fsp3) is 0.308. The quantitative estimate of drug-likeness (QED) is 0.445. The number of nitrogens with zero attached hydrogens (tertiary/aromatic N) is 4. The van der Waals surface area contributed by atoms with E-state index in [1.165, 1.54) is 54.5 Å².